The van der Waals surface area contributed by atoms with Crippen molar-refractivity contribution in [3.8, 4) is 5.75 Å². The van der Waals surface area contributed by atoms with Crippen LogP contribution in [0.25, 0.3) is 0 Å². The summed E-state index contributed by atoms with van der Waals surface area (Å²) in [5.41, 5.74) is 0.944. The van der Waals surface area contributed by atoms with E-state index in [0.717, 1.165) is 17.3 Å². The lowest BCUT2D eigenvalue weighted by atomic mass is 10.2. The smallest absolute Gasteiger partial charge is 0.162 e. The van der Waals surface area contributed by atoms with Crippen LogP contribution in [-0.4, -0.2) is 33.9 Å². The maximum Gasteiger partial charge on any atom is 0.162 e. The van der Waals surface area contributed by atoms with Crippen molar-refractivity contribution in [2.75, 3.05) is 14.2 Å². The monoisotopic (exact) mass is 221 g/mol. The summed E-state index contributed by atoms with van der Waals surface area (Å²) in [5, 5.41) is 7.36. The summed E-state index contributed by atoms with van der Waals surface area (Å²) in [7, 11) is 5.39. The molecule has 0 aliphatic heterocycles. The van der Waals surface area contributed by atoms with Gasteiger partial charge in [-0.2, -0.15) is 5.10 Å². The minimum atomic E-state index is -0.0579. The second kappa shape index (κ2) is 4.36. The van der Waals surface area contributed by atoms with Crippen molar-refractivity contribution in [3.63, 3.8) is 0 Å². The number of ether oxygens (including phenoxy) is 1. The highest BCUT2D eigenvalue weighted by molar-refractivity contribution is 5.31. The number of aromatic amines is 1. The average Bonchev–Trinajstić information content (AvgIpc) is 2.91. The van der Waals surface area contributed by atoms with Crippen LogP contribution in [0.3, 0.4) is 0 Å². The quantitative estimate of drug-likeness (QED) is 0.787. The van der Waals surface area contributed by atoms with Gasteiger partial charge in [0.25, 0.3) is 0 Å². The van der Waals surface area contributed by atoms with Crippen molar-refractivity contribution in [3.05, 3.63) is 30.1 Å². The van der Waals surface area contributed by atoms with Gasteiger partial charge in [-0.05, 0) is 7.05 Å². The molecule has 0 fully saturated rings. The number of rotatable bonds is 4. The fourth-order valence-corrected chi connectivity index (χ4v) is 1.75. The first-order valence-electron chi connectivity index (χ1n) is 5.00. The Bertz CT molecular complexity index is 448. The predicted octanol–water partition coefficient (Wildman–Crippen LogP) is 0.461. The van der Waals surface area contributed by atoms with Crippen LogP contribution in [0.5, 0.6) is 5.75 Å². The molecule has 2 N–H and O–H groups in total. The Kier molecular flexibility index (Phi) is 2.91. The number of nitrogens with one attached hydrogen (secondary N) is 2. The van der Waals surface area contributed by atoms with Gasteiger partial charge < -0.3 is 15.0 Å². The molecular formula is C10H15N5O. The molecule has 0 radical (unpaired) electrons. The zero-order valence-corrected chi connectivity index (χ0v) is 9.56. The van der Waals surface area contributed by atoms with E-state index in [9.17, 15) is 0 Å². The highest BCUT2D eigenvalue weighted by Gasteiger charge is 2.22. The first kappa shape index (κ1) is 10.7. The van der Waals surface area contributed by atoms with Crippen LogP contribution in [-0.2, 0) is 7.05 Å². The van der Waals surface area contributed by atoms with Crippen molar-refractivity contribution >= 4 is 0 Å². The molecule has 2 heterocycles. The summed E-state index contributed by atoms with van der Waals surface area (Å²) in [6, 6.07) is -0.0579. The minimum absolute atomic E-state index is 0.0579. The Hall–Kier alpha value is -1.82. The second-order valence-corrected chi connectivity index (χ2v) is 3.42. The number of hydrogen-bond donors (Lipinski definition) is 2. The van der Waals surface area contributed by atoms with Gasteiger partial charge in [0.2, 0.25) is 0 Å². The molecule has 16 heavy (non-hydrogen) atoms. The number of aryl methyl sites for hydroxylation is 1. The Morgan fingerprint density at radius 3 is 2.94 bits per heavy atom. The largest absolute Gasteiger partial charge is 0.493 e. The summed E-state index contributed by atoms with van der Waals surface area (Å²) in [5.74, 6) is 1.59. The van der Waals surface area contributed by atoms with Gasteiger partial charge in [-0.1, -0.05) is 0 Å². The molecule has 2 rings (SSSR count). The third kappa shape index (κ3) is 1.67. The molecule has 6 heteroatoms. The van der Waals surface area contributed by atoms with Crippen LogP contribution in [0.15, 0.2) is 18.6 Å². The number of H-pyrrole nitrogens is 1. The molecule has 0 aliphatic rings. The zero-order chi connectivity index (χ0) is 11.5. The molecule has 2 aromatic rings. The Labute approximate surface area is 93.6 Å². The summed E-state index contributed by atoms with van der Waals surface area (Å²) < 4.78 is 7.06. The molecule has 1 unspecified atom stereocenters. The van der Waals surface area contributed by atoms with Crippen LogP contribution < -0.4 is 10.1 Å². The highest BCUT2D eigenvalue weighted by atomic mass is 16.5. The molecule has 6 nitrogen and oxygen atoms in total. The standard InChI is InChI=1S/C10H15N5O/c1-11-8(10-12-4-5-13-10)9-7(16-3)6-14-15(9)2/h4-6,8,11H,1-3H3,(H,12,13). The fraction of sp³-hybridized carbons (Fsp3) is 0.400. The molecule has 0 spiro atoms. The van der Waals surface area contributed by atoms with Gasteiger partial charge in [-0.3, -0.25) is 4.68 Å². The van der Waals surface area contributed by atoms with Gasteiger partial charge in [0.1, 0.15) is 17.6 Å². The third-order valence-corrected chi connectivity index (χ3v) is 2.52. The Balaban J connectivity index is 2.44. The maximum absolute atomic E-state index is 5.28. The van der Waals surface area contributed by atoms with Gasteiger partial charge in [0.05, 0.1) is 13.3 Å². The van der Waals surface area contributed by atoms with Gasteiger partial charge in [-0.25, -0.2) is 4.98 Å². The number of aromatic nitrogens is 4. The van der Waals surface area contributed by atoms with E-state index in [1.54, 1.807) is 30.4 Å². The first-order valence-corrected chi connectivity index (χ1v) is 5.00. The van der Waals surface area contributed by atoms with E-state index >= 15 is 0 Å². The number of methoxy groups -OCH3 is 1. The van der Waals surface area contributed by atoms with Crippen LogP contribution in [0.2, 0.25) is 0 Å². The Morgan fingerprint density at radius 2 is 2.38 bits per heavy atom. The summed E-state index contributed by atoms with van der Waals surface area (Å²) in [4.78, 5) is 7.33. The van der Waals surface area contributed by atoms with Crippen LogP contribution >= 0.6 is 0 Å². The Morgan fingerprint density at radius 1 is 1.56 bits per heavy atom. The average molecular weight is 221 g/mol. The summed E-state index contributed by atoms with van der Waals surface area (Å²) in [6.45, 7) is 0. The van der Waals surface area contributed by atoms with E-state index in [1.807, 2.05) is 14.1 Å². The lowest BCUT2D eigenvalue weighted by Gasteiger charge is -2.15. The van der Waals surface area contributed by atoms with Crippen molar-refractivity contribution in [2.24, 2.45) is 7.05 Å². The van der Waals surface area contributed by atoms with Crippen molar-refractivity contribution < 1.29 is 4.74 Å². The fourth-order valence-electron chi connectivity index (χ4n) is 1.75. The topological polar surface area (TPSA) is 67.8 Å². The zero-order valence-electron chi connectivity index (χ0n) is 9.56. The van der Waals surface area contributed by atoms with E-state index in [4.69, 9.17) is 4.74 Å². The predicted molar refractivity (Wildman–Crippen MR) is 59.3 cm³/mol. The SMILES string of the molecule is CNC(c1ncc[nH]1)c1c(OC)cnn1C. The van der Waals surface area contributed by atoms with Gasteiger partial charge >= 0.3 is 0 Å². The van der Waals surface area contributed by atoms with E-state index < -0.39 is 0 Å². The molecule has 0 bridgehead atoms. The van der Waals surface area contributed by atoms with Crippen molar-refractivity contribution in [1.29, 1.82) is 0 Å². The molecule has 2 aromatic heterocycles. The van der Waals surface area contributed by atoms with E-state index in [-0.39, 0.29) is 6.04 Å². The molecule has 0 saturated carbocycles. The van der Waals surface area contributed by atoms with Crippen molar-refractivity contribution in [2.45, 2.75) is 6.04 Å². The lowest BCUT2D eigenvalue weighted by Crippen LogP contribution is -2.22. The van der Waals surface area contributed by atoms with Crippen LogP contribution in [0.1, 0.15) is 17.6 Å². The lowest BCUT2D eigenvalue weighted by molar-refractivity contribution is 0.401. The minimum Gasteiger partial charge on any atom is -0.493 e. The number of imidazole rings is 1. The van der Waals surface area contributed by atoms with Crippen LogP contribution in [0.4, 0.5) is 0 Å². The normalized spacial score (nSPS) is 12.7. The molecular weight excluding hydrogens is 206 g/mol. The van der Waals surface area contributed by atoms with Gasteiger partial charge in [0, 0.05) is 19.4 Å². The second-order valence-electron chi connectivity index (χ2n) is 3.42. The molecule has 86 valence electrons. The van der Waals surface area contributed by atoms with Gasteiger partial charge in [-0.15, -0.1) is 0 Å². The molecule has 0 aliphatic carbocycles. The van der Waals surface area contributed by atoms with Gasteiger partial charge in [0.15, 0.2) is 5.75 Å². The third-order valence-electron chi connectivity index (χ3n) is 2.52. The summed E-state index contributed by atoms with van der Waals surface area (Å²) in [6.07, 6.45) is 5.22. The number of hydrogen-bond acceptors (Lipinski definition) is 4. The molecule has 0 aromatic carbocycles. The molecule has 0 amide bonds. The van der Waals surface area contributed by atoms with E-state index in [0.29, 0.717) is 0 Å². The van der Waals surface area contributed by atoms with Crippen LogP contribution in [0, 0.1) is 0 Å². The van der Waals surface area contributed by atoms with E-state index in [1.165, 1.54) is 0 Å². The molecule has 0 saturated heterocycles. The van der Waals surface area contributed by atoms with Crippen molar-refractivity contribution in [1.82, 2.24) is 25.1 Å². The number of nitrogens with zero attached hydrogens (tertiary/aromatic N) is 3. The summed E-state index contributed by atoms with van der Waals surface area (Å²) >= 11 is 0. The first-order chi connectivity index (χ1) is 7.77. The maximum atomic E-state index is 5.28. The van der Waals surface area contributed by atoms with E-state index in [2.05, 4.69) is 20.4 Å². The molecule has 1 atom stereocenters. The highest BCUT2D eigenvalue weighted by Crippen LogP contribution is 2.27.